The van der Waals surface area contributed by atoms with Gasteiger partial charge in [-0.05, 0) is 54.8 Å². The van der Waals surface area contributed by atoms with Gasteiger partial charge >= 0.3 is 0 Å². The summed E-state index contributed by atoms with van der Waals surface area (Å²) in [5.41, 5.74) is 2.20. The van der Waals surface area contributed by atoms with Gasteiger partial charge in [-0.15, -0.1) is 0 Å². The Kier molecular flexibility index (Phi) is 6.81. The molecule has 5 rings (SSSR count). The van der Waals surface area contributed by atoms with E-state index in [0.29, 0.717) is 49.4 Å². The standard InChI is InChI=1S/C29H29N3O5/c1-3-14-36-23-7-4-6-20(17-23)26-25(27(33)21-8-9-24-22(16-21)15-19(2)37-24)28(34)29(35)32(26)12-5-11-31-13-10-30-18-31/h3-4,6-10,13,16-19,26,33H,1,5,11-12,14-15H2,2H3/t19-,26+/m0/s1. The van der Waals surface area contributed by atoms with E-state index >= 15 is 0 Å². The number of carbonyl (C=O) groups is 2. The zero-order valence-corrected chi connectivity index (χ0v) is 20.7. The first-order valence-electron chi connectivity index (χ1n) is 12.3. The summed E-state index contributed by atoms with van der Waals surface area (Å²) < 4.78 is 13.4. The summed E-state index contributed by atoms with van der Waals surface area (Å²) in [7, 11) is 0. The molecule has 1 fully saturated rings. The number of hydrogen-bond acceptors (Lipinski definition) is 6. The van der Waals surface area contributed by atoms with Gasteiger partial charge in [-0.1, -0.05) is 24.8 Å². The zero-order valence-electron chi connectivity index (χ0n) is 20.7. The van der Waals surface area contributed by atoms with Crippen molar-refractivity contribution in [1.29, 1.82) is 0 Å². The Hall–Kier alpha value is -4.33. The number of ether oxygens (including phenoxy) is 2. The lowest BCUT2D eigenvalue weighted by atomic mass is 9.94. The Labute approximate surface area is 215 Å². The molecule has 2 aliphatic heterocycles. The molecule has 1 aromatic heterocycles. The summed E-state index contributed by atoms with van der Waals surface area (Å²) in [6, 6.07) is 11.9. The van der Waals surface area contributed by atoms with Crippen LogP contribution < -0.4 is 9.47 Å². The van der Waals surface area contributed by atoms with Gasteiger partial charge < -0.3 is 24.0 Å². The second-order valence-corrected chi connectivity index (χ2v) is 9.27. The molecule has 0 bridgehead atoms. The summed E-state index contributed by atoms with van der Waals surface area (Å²) in [6.07, 6.45) is 8.28. The molecule has 2 aromatic carbocycles. The normalized spacial score (nSPS) is 20.1. The number of aliphatic hydroxyl groups excluding tert-OH is 1. The van der Waals surface area contributed by atoms with Crippen LogP contribution in [0.15, 0.2) is 79.4 Å². The zero-order chi connectivity index (χ0) is 25.9. The first-order valence-corrected chi connectivity index (χ1v) is 12.3. The quantitative estimate of drug-likeness (QED) is 0.204. The summed E-state index contributed by atoms with van der Waals surface area (Å²) in [5, 5.41) is 11.4. The molecule has 0 unspecified atom stereocenters. The van der Waals surface area contributed by atoms with Crippen molar-refractivity contribution in [3.63, 3.8) is 0 Å². The third-order valence-electron chi connectivity index (χ3n) is 6.63. The minimum atomic E-state index is -0.751. The van der Waals surface area contributed by atoms with Crippen LogP contribution in [0.2, 0.25) is 0 Å². The molecular formula is C29H29N3O5. The van der Waals surface area contributed by atoms with Gasteiger partial charge in [-0.25, -0.2) is 4.98 Å². The highest BCUT2D eigenvalue weighted by Gasteiger charge is 2.46. The highest BCUT2D eigenvalue weighted by Crippen LogP contribution is 2.41. The van der Waals surface area contributed by atoms with Crippen LogP contribution in [-0.2, 0) is 22.6 Å². The molecule has 0 radical (unpaired) electrons. The van der Waals surface area contributed by atoms with Crippen molar-refractivity contribution in [3.8, 4) is 11.5 Å². The number of fused-ring (bicyclic) bond motifs is 1. The highest BCUT2D eigenvalue weighted by molar-refractivity contribution is 6.46. The Bertz CT molecular complexity index is 1360. The average molecular weight is 500 g/mol. The van der Waals surface area contributed by atoms with E-state index in [1.54, 1.807) is 42.9 Å². The fourth-order valence-corrected chi connectivity index (χ4v) is 4.95. The molecule has 190 valence electrons. The number of carbonyl (C=O) groups excluding carboxylic acids is 2. The molecule has 0 spiro atoms. The van der Waals surface area contributed by atoms with E-state index in [2.05, 4.69) is 11.6 Å². The predicted octanol–water partition coefficient (Wildman–Crippen LogP) is 4.28. The summed E-state index contributed by atoms with van der Waals surface area (Å²) in [4.78, 5) is 32.2. The molecule has 0 saturated carbocycles. The number of likely N-dealkylation sites (tertiary alicyclic amines) is 1. The minimum Gasteiger partial charge on any atom is -0.507 e. The van der Waals surface area contributed by atoms with E-state index in [-0.39, 0.29) is 17.4 Å². The van der Waals surface area contributed by atoms with Crippen molar-refractivity contribution >= 4 is 17.4 Å². The van der Waals surface area contributed by atoms with E-state index < -0.39 is 17.7 Å². The van der Waals surface area contributed by atoms with Crippen LogP contribution in [0.3, 0.4) is 0 Å². The van der Waals surface area contributed by atoms with Crippen molar-refractivity contribution in [1.82, 2.24) is 14.5 Å². The van der Waals surface area contributed by atoms with Crippen LogP contribution in [-0.4, -0.2) is 50.5 Å². The Morgan fingerprint density at radius 3 is 2.89 bits per heavy atom. The molecule has 2 atom stereocenters. The maximum atomic E-state index is 13.4. The predicted molar refractivity (Wildman–Crippen MR) is 138 cm³/mol. The van der Waals surface area contributed by atoms with Gasteiger partial charge in [0.2, 0.25) is 0 Å². The SMILES string of the molecule is C=CCOc1cccc([C@@H]2C(=C(O)c3ccc4c(c3)C[C@H](C)O4)C(=O)C(=O)N2CCCn2ccnc2)c1. The second-order valence-electron chi connectivity index (χ2n) is 9.27. The van der Waals surface area contributed by atoms with Crippen LogP contribution >= 0.6 is 0 Å². The first-order chi connectivity index (χ1) is 18.0. The van der Waals surface area contributed by atoms with Crippen molar-refractivity contribution in [2.75, 3.05) is 13.2 Å². The Morgan fingerprint density at radius 2 is 2.11 bits per heavy atom. The molecule has 1 N–H and O–H groups in total. The topological polar surface area (TPSA) is 93.9 Å². The van der Waals surface area contributed by atoms with Gasteiger partial charge in [0.15, 0.2) is 0 Å². The van der Waals surface area contributed by atoms with Crippen LogP contribution in [0.25, 0.3) is 5.76 Å². The van der Waals surface area contributed by atoms with Crippen LogP contribution in [0.5, 0.6) is 11.5 Å². The molecule has 2 aliphatic rings. The Balaban J connectivity index is 1.54. The number of nitrogens with zero attached hydrogens (tertiary/aromatic N) is 3. The smallest absolute Gasteiger partial charge is 0.295 e. The summed E-state index contributed by atoms with van der Waals surface area (Å²) in [5.74, 6) is -0.168. The van der Waals surface area contributed by atoms with E-state index in [0.717, 1.165) is 11.3 Å². The number of ketones is 1. The first kappa shape index (κ1) is 24.4. The maximum absolute atomic E-state index is 13.4. The average Bonchev–Trinajstić information content (AvgIpc) is 3.61. The van der Waals surface area contributed by atoms with Crippen LogP contribution in [0.1, 0.15) is 36.1 Å². The number of Topliss-reactive ketones (excluding diaryl/α,β-unsaturated/α-hetero) is 1. The molecule has 3 aromatic rings. The lowest BCUT2D eigenvalue weighted by Gasteiger charge is -2.26. The lowest BCUT2D eigenvalue weighted by molar-refractivity contribution is -0.139. The number of imidazole rings is 1. The third kappa shape index (κ3) is 4.87. The lowest BCUT2D eigenvalue weighted by Crippen LogP contribution is -2.31. The minimum absolute atomic E-state index is 0.0479. The molecule has 8 nitrogen and oxygen atoms in total. The van der Waals surface area contributed by atoms with Gasteiger partial charge in [0.05, 0.1) is 17.9 Å². The number of benzene rings is 2. The van der Waals surface area contributed by atoms with Gasteiger partial charge in [-0.2, -0.15) is 0 Å². The van der Waals surface area contributed by atoms with Crippen molar-refractivity contribution in [3.05, 3.63) is 96.1 Å². The largest absolute Gasteiger partial charge is 0.507 e. The van der Waals surface area contributed by atoms with Gasteiger partial charge in [0.25, 0.3) is 11.7 Å². The fourth-order valence-electron chi connectivity index (χ4n) is 4.95. The fraction of sp³-hybridized carbons (Fsp3) is 0.276. The maximum Gasteiger partial charge on any atom is 0.295 e. The van der Waals surface area contributed by atoms with E-state index in [4.69, 9.17) is 9.47 Å². The van der Waals surface area contributed by atoms with Gasteiger partial charge in [0.1, 0.15) is 30.0 Å². The monoisotopic (exact) mass is 499 g/mol. The second kappa shape index (κ2) is 10.3. The molecule has 0 aliphatic carbocycles. The van der Waals surface area contributed by atoms with Crippen molar-refractivity contribution in [2.24, 2.45) is 0 Å². The molecule has 3 heterocycles. The number of aryl methyl sites for hydroxylation is 1. The van der Waals surface area contributed by atoms with Crippen molar-refractivity contribution < 1.29 is 24.2 Å². The molecule has 1 amide bonds. The number of rotatable bonds is 9. The van der Waals surface area contributed by atoms with Crippen molar-refractivity contribution in [2.45, 2.75) is 38.5 Å². The molecular weight excluding hydrogens is 470 g/mol. The van der Waals surface area contributed by atoms with Crippen LogP contribution in [0, 0.1) is 0 Å². The number of aromatic nitrogens is 2. The summed E-state index contributed by atoms with van der Waals surface area (Å²) >= 11 is 0. The Morgan fingerprint density at radius 1 is 1.24 bits per heavy atom. The van der Waals surface area contributed by atoms with Gasteiger partial charge in [0, 0.05) is 37.5 Å². The number of aliphatic hydroxyl groups is 1. The molecule has 8 heteroatoms. The molecule has 1 saturated heterocycles. The molecule has 37 heavy (non-hydrogen) atoms. The van der Waals surface area contributed by atoms with E-state index in [1.165, 1.54) is 4.90 Å². The number of hydrogen-bond donors (Lipinski definition) is 1. The van der Waals surface area contributed by atoms with E-state index in [1.807, 2.05) is 35.9 Å². The summed E-state index contributed by atoms with van der Waals surface area (Å²) in [6.45, 7) is 6.96. The van der Waals surface area contributed by atoms with E-state index in [9.17, 15) is 14.7 Å². The van der Waals surface area contributed by atoms with Gasteiger partial charge in [-0.3, -0.25) is 9.59 Å². The van der Waals surface area contributed by atoms with Crippen LogP contribution in [0.4, 0.5) is 0 Å². The highest BCUT2D eigenvalue weighted by atomic mass is 16.5. The third-order valence-corrected chi connectivity index (χ3v) is 6.63. The number of amides is 1.